The van der Waals surface area contributed by atoms with Crippen molar-refractivity contribution >= 4 is 5.65 Å². The maximum atomic E-state index is 11.8. The first kappa shape index (κ1) is 11.4. The standard InChI is InChI=1S/C13H13N3O/c1-3-10(2)14-9-11-8-13(17)16-7-5-4-6-12(16)15-11/h1,4-8,10,14H,9H2,2H3. The molecule has 17 heavy (non-hydrogen) atoms. The molecule has 0 spiro atoms. The van der Waals surface area contributed by atoms with Gasteiger partial charge in [-0.15, -0.1) is 6.42 Å². The van der Waals surface area contributed by atoms with Crippen molar-refractivity contribution in [3.05, 3.63) is 46.5 Å². The summed E-state index contributed by atoms with van der Waals surface area (Å²) >= 11 is 0. The van der Waals surface area contributed by atoms with Crippen LogP contribution in [0.5, 0.6) is 0 Å². The summed E-state index contributed by atoms with van der Waals surface area (Å²) in [5, 5.41) is 3.09. The van der Waals surface area contributed by atoms with Gasteiger partial charge in [0.05, 0.1) is 11.7 Å². The molecule has 0 saturated carbocycles. The Bertz CT molecular complexity index is 624. The number of nitrogens with one attached hydrogen (secondary N) is 1. The third kappa shape index (κ3) is 2.52. The monoisotopic (exact) mass is 227 g/mol. The maximum Gasteiger partial charge on any atom is 0.258 e. The van der Waals surface area contributed by atoms with Crippen molar-refractivity contribution in [2.45, 2.75) is 19.5 Å². The second-order valence-corrected chi connectivity index (χ2v) is 3.78. The molecule has 2 heterocycles. The zero-order valence-corrected chi connectivity index (χ0v) is 9.55. The van der Waals surface area contributed by atoms with Gasteiger partial charge in [0.25, 0.3) is 5.56 Å². The number of pyridine rings is 1. The molecule has 1 atom stereocenters. The Hall–Kier alpha value is -2.12. The molecule has 0 bridgehead atoms. The van der Waals surface area contributed by atoms with Crippen LogP contribution in [0.1, 0.15) is 12.6 Å². The molecule has 0 aliphatic carbocycles. The summed E-state index contributed by atoms with van der Waals surface area (Å²) in [6.07, 6.45) is 6.96. The van der Waals surface area contributed by atoms with Crippen molar-refractivity contribution in [3.8, 4) is 12.3 Å². The Morgan fingerprint density at radius 3 is 3.18 bits per heavy atom. The van der Waals surface area contributed by atoms with E-state index in [-0.39, 0.29) is 11.6 Å². The SMILES string of the molecule is C#CC(C)NCc1cc(=O)n2ccccc2n1. The lowest BCUT2D eigenvalue weighted by molar-refractivity contribution is 0.636. The van der Waals surface area contributed by atoms with E-state index in [1.165, 1.54) is 10.5 Å². The lowest BCUT2D eigenvalue weighted by atomic mass is 10.3. The maximum absolute atomic E-state index is 11.8. The van der Waals surface area contributed by atoms with Gasteiger partial charge in [0.2, 0.25) is 0 Å². The molecule has 2 rings (SSSR count). The Morgan fingerprint density at radius 2 is 2.41 bits per heavy atom. The van der Waals surface area contributed by atoms with Gasteiger partial charge in [-0.25, -0.2) is 4.98 Å². The molecule has 0 aromatic carbocycles. The lowest BCUT2D eigenvalue weighted by Crippen LogP contribution is -2.25. The van der Waals surface area contributed by atoms with Crippen molar-refractivity contribution in [2.75, 3.05) is 0 Å². The molecule has 0 fully saturated rings. The normalized spacial score (nSPS) is 12.2. The van der Waals surface area contributed by atoms with Gasteiger partial charge in [-0.05, 0) is 19.1 Å². The molecule has 2 aromatic rings. The number of fused-ring (bicyclic) bond motifs is 1. The topological polar surface area (TPSA) is 46.4 Å². The molecule has 4 nitrogen and oxygen atoms in total. The van der Waals surface area contributed by atoms with Crippen molar-refractivity contribution in [1.29, 1.82) is 0 Å². The zero-order valence-electron chi connectivity index (χ0n) is 9.55. The largest absolute Gasteiger partial charge is 0.298 e. The second-order valence-electron chi connectivity index (χ2n) is 3.78. The number of hydrogen-bond donors (Lipinski definition) is 1. The summed E-state index contributed by atoms with van der Waals surface area (Å²) in [5.74, 6) is 2.56. The van der Waals surface area contributed by atoms with Gasteiger partial charge in [-0.3, -0.25) is 14.5 Å². The van der Waals surface area contributed by atoms with E-state index in [2.05, 4.69) is 16.2 Å². The van der Waals surface area contributed by atoms with E-state index in [0.29, 0.717) is 17.9 Å². The Morgan fingerprint density at radius 1 is 1.59 bits per heavy atom. The van der Waals surface area contributed by atoms with Crippen LogP contribution in [0.3, 0.4) is 0 Å². The summed E-state index contributed by atoms with van der Waals surface area (Å²) in [6.45, 7) is 2.37. The molecule has 0 aliphatic heterocycles. The Balaban J connectivity index is 2.31. The van der Waals surface area contributed by atoms with Gasteiger partial charge >= 0.3 is 0 Å². The Kier molecular flexibility index (Phi) is 3.22. The highest BCUT2D eigenvalue weighted by atomic mass is 16.1. The van der Waals surface area contributed by atoms with Crippen molar-refractivity contribution < 1.29 is 0 Å². The van der Waals surface area contributed by atoms with Crippen LogP contribution in [0.2, 0.25) is 0 Å². The zero-order chi connectivity index (χ0) is 12.3. The first-order valence-corrected chi connectivity index (χ1v) is 5.37. The number of terminal acetylenes is 1. The summed E-state index contributed by atoms with van der Waals surface area (Å²) in [7, 11) is 0. The molecular weight excluding hydrogens is 214 g/mol. The highest BCUT2D eigenvalue weighted by Crippen LogP contribution is 1.98. The fraction of sp³-hybridized carbons (Fsp3) is 0.231. The lowest BCUT2D eigenvalue weighted by Gasteiger charge is -2.07. The minimum Gasteiger partial charge on any atom is -0.298 e. The van der Waals surface area contributed by atoms with Gasteiger partial charge < -0.3 is 0 Å². The first-order valence-electron chi connectivity index (χ1n) is 5.37. The van der Waals surface area contributed by atoms with Gasteiger partial charge in [0, 0.05) is 18.8 Å². The van der Waals surface area contributed by atoms with Gasteiger partial charge in [-0.2, -0.15) is 0 Å². The highest BCUT2D eigenvalue weighted by Gasteiger charge is 2.02. The number of hydrogen-bond acceptors (Lipinski definition) is 3. The van der Waals surface area contributed by atoms with Crippen LogP contribution in [0.15, 0.2) is 35.3 Å². The molecule has 86 valence electrons. The summed E-state index contributed by atoms with van der Waals surface area (Å²) in [4.78, 5) is 16.1. The first-order chi connectivity index (χ1) is 8.20. The number of rotatable bonds is 3. The van der Waals surface area contributed by atoms with E-state index in [1.807, 2.05) is 13.0 Å². The summed E-state index contributed by atoms with van der Waals surface area (Å²) in [6, 6.07) is 6.93. The molecule has 0 amide bonds. The van der Waals surface area contributed by atoms with Crippen LogP contribution in [-0.2, 0) is 6.54 Å². The van der Waals surface area contributed by atoms with E-state index in [9.17, 15) is 4.79 Å². The quantitative estimate of drug-likeness (QED) is 0.789. The van der Waals surface area contributed by atoms with E-state index in [0.717, 1.165) is 0 Å². The molecule has 0 radical (unpaired) electrons. The van der Waals surface area contributed by atoms with Gasteiger partial charge in [0.1, 0.15) is 5.65 Å². The highest BCUT2D eigenvalue weighted by molar-refractivity contribution is 5.37. The molecule has 2 aromatic heterocycles. The molecule has 0 saturated heterocycles. The van der Waals surface area contributed by atoms with Gasteiger partial charge in [0.15, 0.2) is 0 Å². The Labute approximate surface area is 99.3 Å². The van der Waals surface area contributed by atoms with E-state index in [4.69, 9.17) is 6.42 Å². The van der Waals surface area contributed by atoms with Crippen LogP contribution in [0.25, 0.3) is 5.65 Å². The van der Waals surface area contributed by atoms with Crippen molar-refractivity contribution in [3.63, 3.8) is 0 Å². The van der Waals surface area contributed by atoms with E-state index >= 15 is 0 Å². The predicted octanol–water partition coefficient (Wildman–Crippen LogP) is 0.806. The van der Waals surface area contributed by atoms with E-state index in [1.54, 1.807) is 18.3 Å². The third-order valence-electron chi connectivity index (χ3n) is 2.46. The van der Waals surface area contributed by atoms with Crippen molar-refractivity contribution in [2.24, 2.45) is 0 Å². The second kappa shape index (κ2) is 4.81. The average molecular weight is 227 g/mol. The number of nitrogens with zero attached hydrogens (tertiary/aromatic N) is 2. The third-order valence-corrected chi connectivity index (χ3v) is 2.46. The summed E-state index contributed by atoms with van der Waals surface area (Å²) < 4.78 is 1.51. The van der Waals surface area contributed by atoms with Crippen LogP contribution >= 0.6 is 0 Å². The predicted molar refractivity (Wildman–Crippen MR) is 66.6 cm³/mol. The molecule has 4 heteroatoms. The fourth-order valence-electron chi connectivity index (χ4n) is 1.51. The number of aromatic nitrogens is 2. The van der Waals surface area contributed by atoms with Gasteiger partial charge in [-0.1, -0.05) is 12.0 Å². The average Bonchev–Trinajstić information content (AvgIpc) is 2.36. The van der Waals surface area contributed by atoms with E-state index < -0.39 is 0 Å². The molecule has 1 N–H and O–H groups in total. The molecule has 0 aliphatic rings. The smallest absolute Gasteiger partial charge is 0.258 e. The molecule has 1 unspecified atom stereocenters. The van der Waals surface area contributed by atoms with Crippen LogP contribution < -0.4 is 10.9 Å². The van der Waals surface area contributed by atoms with Crippen molar-refractivity contribution in [1.82, 2.24) is 14.7 Å². The fourth-order valence-corrected chi connectivity index (χ4v) is 1.51. The van der Waals surface area contributed by atoms with Crippen LogP contribution in [-0.4, -0.2) is 15.4 Å². The minimum absolute atomic E-state index is 0.0361. The van der Waals surface area contributed by atoms with Crippen LogP contribution in [0, 0.1) is 12.3 Å². The molecular formula is C13H13N3O. The minimum atomic E-state index is -0.0826. The van der Waals surface area contributed by atoms with Crippen LogP contribution in [0.4, 0.5) is 0 Å². The summed E-state index contributed by atoms with van der Waals surface area (Å²) in [5.41, 5.74) is 1.26.